The molecule has 0 spiro atoms. The summed E-state index contributed by atoms with van der Waals surface area (Å²) >= 11 is 0. The fourth-order valence-corrected chi connectivity index (χ4v) is 3.96. The monoisotopic (exact) mass is 425 g/mol. The number of anilines is 2. The first-order chi connectivity index (χ1) is 15.0. The minimum Gasteiger partial charge on any atom is -0.497 e. The Morgan fingerprint density at radius 1 is 1.29 bits per heavy atom. The molecule has 2 heterocycles. The molecule has 0 aliphatic carbocycles. The van der Waals surface area contributed by atoms with Gasteiger partial charge in [0, 0.05) is 31.4 Å². The van der Waals surface area contributed by atoms with Gasteiger partial charge in [-0.3, -0.25) is 4.79 Å². The van der Waals surface area contributed by atoms with Crippen molar-refractivity contribution in [1.82, 2.24) is 4.98 Å². The topological polar surface area (TPSA) is 80.8 Å². The molecular weight excluding hydrogens is 394 g/mol. The van der Waals surface area contributed by atoms with Crippen molar-refractivity contribution in [3.63, 3.8) is 0 Å². The third-order valence-corrected chi connectivity index (χ3v) is 5.59. The first kappa shape index (κ1) is 22.6. The SMILES string of the molecule is CCOC(=O)c1cccnc1N1CCC[C@H](CCC(=O)Nc2ccc(OC)cc2C)C1. The molecule has 1 aromatic carbocycles. The van der Waals surface area contributed by atoms with Crippen LogP contribution in [0.15, 0.2) is 36.5 Å². The predicted molar refractivity (Wildman–Crippen MR) is 121 cm³/mol. The molecule has 31 heavy (non-hydrogen) atoms. The van der Waals surface area contributed by atoms with Gasteiger partial charge in [-0.05, 0) is 74.9 Å². The number of pyridine rings is 1. The molecule has 0 radical (unpaired) electrons. The predicted octanol–water partition coefficient (Wildman–Crippen LogP) is 4.21. The fraction of sp³-hybridized carbons (Fsp3) is 0.458. The number of carbonyl (C=O) groups is 2. The Bertz CT molecular complexity index is 915. The van der Waals surface area contributed by atoms with E-state index in [-0.39, 0.29) is 11.9 Å². The van der Waals surface area contributed by atoms with E-state index in [4.69, 9.17) is 9.47 Å². The summed E-state index contributed by atoms with van der Waals surface area (Å²) in [6, 6.07) is 9.13. The summed E-state index contributed by atoms with van der Waals surface area (Å²) in [5.41, 5.74) is 2.28. The molecule has 7 nitrogen and oxygen atoms in total. The zero-order valence-electron chi connectivity index (χ0n) is 18.5. The number of carbonyl (C=O) groups excluding carboxylic acids is 2. The van der Waals surface area contributed by atoms with Gasteiger partial charge in [-0.15, -0.1) is 0 Å². The lowest BCUT2D eigenvalue weighted by Crippen LogP contribution is -2.37. The zero-order valence-corrected chi connectivity index (χ0v) is 18.5. The first-order valence-electron chi connectivity index (χ1n) is 10.8. The number of rotatable bonds is 8. The summed E-state index contributed by atoms with van der Waals surface area (Å²) in [6.45, 7) is 5.70. The van der Waals surface area contributed by atoms with Crippen LogP contribution in [0.5, 0.6) is 5.75 Å². The number of hydrogen-bond donors (Lipinski definition) is 1. The molecule has 0 unspecified atom stereocenters. The number of piperidine rings is 1. The molecule has 166 valence electrons. The second-order valence-electron chi connectivity index (χ2n) is 7.82. The van der Waals surface area contributed by atoms with Crippen LogP contribution in [0.3, 0.4) is 0 Å². The second-order valence-corrected chi connectivity index (χ2v) is 7.82. The molecule has 0 saturated carbocycles. The van der Waals surface area contributed by atoms with Crippen LogP contribution >= 0.6 is 0 Å². The summed E-state index contributed by atoms with van der Waals surface area (Å²) in [5, 5.41) is 3.00. The van der Waals surface area contributed by atoms with Crippen molar-refractivity contribution in [3.05, 3.63) is 47.7 Å². The number of methoxy groups -OCH3 is 1. The van der Waals surface area contributed by atoms with E-state index in [1.807, 2.05) is 25.1 Å². The van der Waals surface area contributed by atoms with E-state index in [0.717, 1.165) is 49.4 Å². The van der Waals surface area contributed by atoms with Crippen LogP contribution in [0.2, 0.25) is 0 Å². The van der Waals surface area contributed by atoms with Gasteiger partial charge in [0.15, 0.2) is 0 Å². The number of aryl methyl sites for hydroxylation is 1. The average molecular weight is 426 g/mol. The molecule has 1 amide bonds. The van der Waals surface area contributed by atoms with Crippen molar-refractivity contribution in [2.24, 2.45) is 5.92 Å². The average Bonchev–Trinajstić information content (AvgIpc) is 2.79. The standard InChI is InChI=1S/C24H31N3O4/c1-4-31-24(29)20-8-5-13-25-23(20)27-14-6-7-18(16-27)9-12-22(28)26-21-11-10-19(30-3)15-17(21)2/h5,8,10-11,13,15,18H,4,6-7,9,12,14,16H2,1-3H3,(H,26,28)/t18-/m1/s1. The Kier molecular flexibility index (Phi) is 7.87. The number of aromatic nitrogens is 1. The molecule has 3 rings (SSSR count). The third-order valence-electron chi connectivity index (χ3n) is 5.59. The van der Waals surface area contributed by atoms with Crippen LogP contribution in [-0.4, -0.2) is 43.7 Å². The van der Waals surface area contributed by atoms with E-state index in [2.05, 4.69) is 15.2 Å². The highest BCUT2D eigenvalue weighted by atomic mass is 16.5. The van der Waals surface area contributed by atoms with Gasteiger partial charge in [0.05, 0.1) is 13.7 Å². The molecular formula is C24H31N3O4. The van der Waals surface area contributed by atoms with Crippen LogP contribution < -0.4 is 15.0 Å². The van der Waals surface area contributed by atoms with Crippen molar-refractivity contribution >= 4 is 23.4 Å². The lowest BCUT2D eigenvalue weighted by atomic mass is 9.93. The Morgan fingerprint density at radius 3 is 2.87 bits per heavy atom. The third kappa shape index (κ3) is 5.96. The summed E-state index contributed by atoms with van der Waals surface area (Å²) in [7, 11) is 1.63. The summed E-state index contributed by atoms with van der Waals surface area (Å²) in [5.74, 6) is 1.48. The normalized spacial score (nSPS) is 16.0. The minimum absolute atomic E-state index is 0.00967. The van der Waals surface area contributed by atoms with Crippen LogP contribution in [0.4, 0.5) is 11.5 Å². The summed E-state index contributed by atoms with van der Waals surface area (Å²) < 4.78 is 10.4. The molecule has 1 atom stereocenters. The second kappa shape index (κ2) is 10.8. The molecule has 1 N–H and O–H groups in total. The fourth-order valence-electron chi connectivity index (χ4n) is 3.96. The number of ether oxygens (including phenoxy) is 2. The Labute approximate surface area is 183 Å². The smallest absolute Gasteiger partial charge is 0.341 e. The Hall–Kier alpha value is -3.09. The van der Waals surface area contributed by atoms with E-state index in [0.29, 0.717) is 30.3 Å². The number of amides is 1. The van der Waals surface area contributed by atoms with E-state index in [1.54, 1.807) is 32.4 Å². The lowest BCUT2D eigenvalue weighted by Gasteiger charge is -2.34. The molecule has 1 aromatic heterocycles. The zero-order chi connectivity index (χ0) is 22.2. The van der Waals surface area contributed by atoms with Gasteiger partial charge in [0.1, 0.15) is 17.1 Å². The van der Waals surface area contributed by atoms with Crippen molar-refractivity contribution in [1.29, 1.82) is 0 Å². The molecule has 1 aliphatic heterocycles. The van der Waals surface area contributed by atoms with Crippen molar-refractivity contribution in [2.75, 3.05) is 37.0 Å². The van der Waals surface area contributed by atoms with E-state index in [1.165, 1.54) is 0 Å². The first-order valence-corrected chi connectivity index (χ1v) is 10.8. The number of hydrogen-bond acceptors (Lipinski definition) is 6. The molecule has 1 saturated heterocycles. The van der Waals surface area contributed by atoms with Crippen LogP contribution in [-0.2, 0) is 9.53 Å². The summed E-state index contributed by atoms with van der Waals surface area (Å²) in [4.78, 5) is 31.4. The van der Waals surface area contributed by atoms with Gasteiger partial charge < -0.3 is 19.7 Å². The maximum atomic E-state index is 12.5. The Balaban J connectivity index is 1.57. The number of nitrogens with one attached hydrogen (secondary N) is 1. The molecule has 0 bridgehead atoms. The van der Waals surface area contributed by atoms with Gasteiger partial charge in [-0.2, -0.15) is 0 Å². The number of benzene rings is 1. The van der Waals surface area contributed by atoms with Crippen molar-refractivity contribution in [3.8, 4) is 5.75 Å². The number of esters is 1. The molecule has 1 fully saturated rings. The highest BCUT2D eigenvalue weighted by Crippen LogP contribution is 2.28. The van der Waals surface area contributed by atoms with Gasteiger partial charge in [0.2, 0.25) is 5.91 Å². The molecule has 7 heteroatoms. The lowest BCUT2D eigenvalue weighted by molar-refractivity contribution is -0.116. The van der Waals surface area contributed by atoms with Gasteiger partial charge in [0.25, 0.3) is 0 Å². The highest BCUT2D eigenvalue weighted by Gasteiger charge is 2.25. The van der Waals surface area contributed by atoms with Crippen molar-refractivity contribution in [2.45, 2.75) is 39.5 Å². The van der Waals surface area contributed by atoms with Crippen LogP contribution in [0.25, 0.3) is 0 Å². The van der Waals surface area contributed by atoms with Gasteiger partial charge >= 0.3 is 5.97 Å². The van der Waals surface area contributed by atoms with E-state index in [9.17, 15) is 9.59 Å². The maximum Gasteiger partial charge on any atom is 0.341 e. The van der Waals surface area contributed by atoms with Crippen molar-refractivity contribution < 1.29 is 19.1 Å². The van der Waals surface area contributed by atoms with Crippen LogP contribution in [0.1, 0.15) is 48.5 Å². The van der Waals surface area contributed by atoms with Crippen LogP contribution in [0, 0.1) is 12.8 Å². The largest absolute Gasteiger partial charge is 0.497 e. The van der Waals surface area contributed by atoms with E-state index >= 15 is 0 Å². The highest BCUT2D eigenvalue weighted by molar-refractivity contribution is 5.94. The molecule has 1 aliphatic rings. The van der Waals surface area contributed by atoms with E-state index < -0.39 is 0 Å². The minimum atomic E-state index is -0.345. The summed E-state index contributed by atoms with van der Waals surface area (Å²) in [6.07, 6.45) is 5.01. The Morgan fingerprint density at radius 2 is 2.13 bits per heavy atom. The van der Waals surface area contributed by atoms with Gasteiger partial charge in [-0.1, -0.05) is 0 Å². The van der Waals surface area contributed by atoms with Gasteiger partial charge in [-0.25, -0.2) is 9.78 Å². The maximum absolute atomic E-state index is 12.5. The molecule has 2 aromatic rings. The quantitative estimate of drug-likeness (QED) is 0.638. The number of nitrogens with zero attached hydrogens (tertiary/aromatic N) is 2.